The maximum absolute atomic E-state index is 13.0. The van der Waals surface area contributed by atoms with Crippen LogP contribution in [0, 0.1) is 0 Å². The molecule has 1 saturated carbocycles. The second kappa shape index (κ2) is 4.47. The van der Waals surface area contributed by atoms with Gasteiger partial charge in [-0.15, -0.1) is 0 Å². The molecular formula is C12H16F2N4O. The lowest BCUT2D eigenvalue weighted by Gasteiger charge is -2.30. The van der Waals surface area contributed by atoms with Crippen molar-refractivity contribution in [2.45, 2.75) is 50.7 Å². The first-order valence-corrected chi connectivity index (χ1v) is 6.49. The second-order valence-corrected chi connectivity index (χ2v) is 5.28. The van der Waals surface area contributed by atoms with Crippen LogP contribution in [0.1, 0.15) is 42.6 Å². The summed E-state index contributed by atoms with van der Waals surface area (Å²) < 4.78 is 27.3. The maximum atomic E-state index is 13.0. The summed E-state index contributed by atoms with van der Waals surface area (Å²) in [6.07, 6.45) is 1.16. The lowest BCUT2D eigenvalue weighted by molar-refractivity contribution is 0.0666. The Bertz CT molecular complexity index is 498. The summed E-state index contributed by atoms with van der Waals surface area (Å²) in [5.74, 6) is 0.167. The Morgan fingerprint density at radius 2 is 2.32 bits per heavy atom. The van der Waals surface area contributed by atoms with Gasteiger partial charge in [0.25, 0.3) is 12.3 Å². The van der Waals surface area contributed by atoms with Gasteiger partial charge in [-0.05, 0) is 26.2 Å². The van der Waals surface area contributed by atoms with Crippen molar-refractivity contribution in [2.75, 3.05) is 5.32 Å². The van der Waals surface area contributed by atoms with Crippen molar-refractivity contribution in [3.63, 3.8) is 0 Å². The molecule has 0 spiro atoms. The minimum atomic E-state index is -2.48. The number of carbonyl (C=O) groups excluding carboxylic acids is 1. The molecule has 19 heavy (non-hydrogen) atoms. The predicted octanol–water partition coefficient (Wildman–Crippen LogP) is 1.79. The van der Waals surface area contributed by atoms with E-state index in [1.54, 1.807) is 0 Å². The lowest BCUT2D eigenvalue weighted by atomic mass is 10.1. The fourth-order valence-corrected chi connectivity index (χ4v) is 2.38. The average Bonchev–Trinajstić information content (AvgIpc) is 3.05. The van der Waals surface area contributed by atoms with Crippen molar-refractivity contribution in [2.24, 2.45) is 0 Å². The van der Waals surface area contributed by atoms with Crippen LogP contribution < -0.4 is 10.6 Å². The number of amides is 1. The van der Waals surface area contributed by atoms with Crippen LogP contribution in [0.4, 0.5) is 14.6 Å². The Labute approximate surface area is 109 Å². The fourth-order valence-electron chi connectivity index (χ4n) is 2.38. The normalized spacial score (nSPS) is 25.9. The molecule has 2 aliphatic rings. The Kier molecular flexibility index (Phi) is 2.91. The SMILES string of the molecule is C[C@@H]1C[C@H](C(F)F)n2ncc(C(=O)NC3CC3)c2N1. The molecule has 2 atom stereocenters. The van der Waals surface area contributed by atoms with Gasteiger partial charge in [0.15, 0.2) is 0 Å². The maximum Gasteiger partial charge on any atom is 0.260 e. The number of anilines is 1. The van der Waals surface area contributed by atoms with E-state index in [0.717, 1.165) is 12.8 Å². The number of rotatable bonds is 3. The molecule has 0 unspecified atom stereocenters. The van der Waals surface area contributed by atoms with E-state index in [0.29, 0.717) is 17.8 Å². The smallest absolute Gasteiger partial charge is 0.260 e. The largest absolute Gasteiger partial charge is 0.367 e. The molecule has 0 radical (unpaired) electrons. The van der Waals surface area contributed by atoms with Gasteiger partial charge in [0.05, 0.1) is 6.20 Å². The second-order valence-electron chi connectivity index (χ2n) is 5.28. The monoisotopic (exact) mass is 270 g/mol. The standard InChI is InChI=1S/C12H16F2N4O/c1-6-4-9(10(13)14)18-11(16-6)8(5-15-18)12(19)17-7-2-3-7/h5-7,9-10,16H,2-4H2,1H3,(H,17,19)/t6-,9-/m1/s1. The number of hydrogen-bond donors (Lipinski definition) is 2. The number of halogens is 2. The first-order chi connectivity index (χ1) is 9.06. The third kappa shape index (κ3) is 2.29. The van der Waals surface area contributed by atoms with Crippen molar-refractivity contribution in [1.82, 2.24) is 15.1 Å². The molecular weight excluding hydrogens is 254 g/mol. The summed E-state index contributed by atoms with van der Waals surface area (Å²) in [4.78, 5) is 12.0. The summed E-state index contributed by atoms with van der Waals surface area (Å²) in [6, 6.07) is -0.834. The molecule has 5 nitrogen and oxygen atoms in total. The fraction of sp³-hybridized carbons (Fsp3) is 0.667. The number of fused-ring (bicyclic) bond motifs is 1. The topological polar surface area (TPSA) is 59.0 Å². The molecule has 104 valence electrons. The molecule has 1 aromatic heterocycles. The summed E-state index contributed by atoms with van der Waals surface area (Å²) >= 11 is 0. The van der Waals surface area contributed by atoms with Crippen molar-refractivity contribution in [3.05, 3.63) is 11.8 Å². The van der Waals surface area contributed by atoms with Crippen LogP contribution >= 0.6 is 0 Å². The van der Waals surface area contributed by atoms with Gasteiger partial charge in [0.2, 0.25) is 0 Å². The summed E-state index contributed by atoms with van der Waals surface area (Å²) in [5, 5.41) is 9.88. The van der Waals surface area contributed by atoms with Crippen LogP contribution in [0.2, 0.25) is 0 Å². The van der Waals surface area contributed by atoms with Crippen molar-refractivity contribution in [1.29, 1.82) is 0 Å². The molecule has 1 aliphatic heterocycles. The van der Waals surface area contributed by atoms with Gasteiger partial charge >= 0.3 is 0 Å². The molecule has 1 amide bonds. The van der Waals surface area contributed by atoms with Crippen LogP contribution in [0.3, 0.4) is 0 Å². The van der Waals surface area contributed by atoms with Gasteiger partial charge in [-0.1, -0.05) is 0 Å². The Balaban J connectivity index is 1.89. The molecule has 2 heterocycles. The summed E-state index contributed by atoms with van der Waals surface area (Å²) in [5.41, 5.74) is 0.351. The minimum Gasteiger partial charge on any atom is -0.367 e. The molecule has 0 saturated heterocycles. The van der Waals surface area contributed by atoms with E-state index in [-0.39, 0.29) is 18.0 Å². The van der Waals surface area contributed by atoms with E-state index in [4.69, 9.17) is 0 Å². The third-order valence-corrected chi connectivity index (χ3v) is 3.54. The quantitative estimate of drug-likeness (QED) is 0.880. The predicted molar refractivity (Wildman–Crippen MR) is 65.5 cm³/mol. The van der Waals surface area contributed by atoms with Gasteiger partial charge in [-0.2, -0.15) is 5.10 Å². The van der Waals surface area contributed by atoms with Crippen LogP contribution in [0.15, 0.2) is 6.20 Å². The number of carbonyl (C=O) groups is 1. The molecule has 1 fully saturated rings. The molecule has 0 bridgehead atoms. The minimum absolute atomic E-state index is 0.101. The summed E-state index contributed by atoms with van der Waals surface area (Å²) in [6.45, 7) is 1.83. The number of nitrogens with one attached hydrogen (secondary N) is 2. The zero-order valence-corrected chi connectivity index (χ0v) is 10.6. The molecule has 0 aromatic carbocycles. The van der Waals surface area contributed by atoms with E-state index in [1.165, 1.54) is 10.9 Å². The first kappa shape index (κ1) is 12.4. The first-order valence-electron chi connectivity index (χ1n) is 6.49. The van der Waals surface area contributed by atoms with Crippen LogP contribution in [-0.2, 0) is 0 Å². The number of hydrogen-bond acceptors (Lipinski definition) is 3. The van der Waals surface area contributed by atoms with Crippen LogP contribution in [0.25, 0.3) is 0 Å². The Morgan fingerprint density at radius 1 is 1.58 bits per heavy atom. The van der Waals surface area contributed by atoms with Crippen LogP contribution in [0.5, 0.6) is 0 Å². The molecule has 1 aliphatic carbocycles. The van der Waals surface area contributed by atoms with Gasteiger partial charge in [-0.3, -0.25) is 4.79 Å². The van der Waals surface area contributed by atoms with Crippen LogP contribution in [-0.4, -0.2) is 34.2 Å². The summed E-state index contributed by atoms with van der Waals surface area (Å²) in [7, 11) is 0. The molecule has 1 aromatic rings. The van der Waals surface area contributed by atoms with E-state index >= 15 is 0 Å². The van der Waals surface area contributed by atoms with E-state index < -0.39 is 12.5 Å². The highest BCUT2D eigenvalue weighted by Gasteiger charge is 2.35. The highest BCUT2D eigenvalue weighted by atomic mass is 19.3. The Hall–Kier alpha value is -1.66. The zero-order valence-electron chi connectivity index (χ0n) is 10.6. The van der Waals surface area contributed by atoms with Crippen molar-refractivity contribution < 1.29 is 13.6 Å². The highest BCUT2D eigenvalue weighted by Crippen LogP contribution is 2.33. The Morgan fingerprint density at radius 3 is 2.95 bits per heavy atom. The van der Waals surface area contributed by atoms with Gasteiger partial charge in [-0.25, -0.2) is 13.5 Å². The van der Waals surface area contributed by atoms with Gasteiger partial charge < -0.3 is 10.6 Å². The molecule has 3 rings (SSSR count). The number of aromatic nitrogens is 2. The van der Waals surface area contributed by atoms with Gasteiger partial charge in [0.1, 0.15) is 17.4 Å². The molecule has 7 heteroatoms. The van der Waals surface area contributed by atoms with E-state index in [9.17, 15) is 13.6 Å². The van der Waals surface area contributed by atoms with Gasteiger partial charge in [0, 0.05) is 12.1 Å². The number of alkyl halides is 2. The van der Waals surface area contributed by atoms with Crippen molar-refractivity contribution in [3.8, 4) is 0 Å². The van der Waals surface area contributed by atoms with E-state index in [2.05, 4.69) is 15.7 Å². The highest BCUT2D eigenvalue weighted by molar-refractivity contribution is 5.99. The van der Waals surface area contributed by atoms with E-state index in [1.807, 2.05) is 6.92 Å². The lowest BCUT2D eigenvalue weighted by Crippen LogP contribution is -2.35. The number of nitrogens with zero attached hydrogens (tertiary/aromatic N) is 2. The van der Waals surface area contributed by atoms with Crippen molar-refractivity contribution >= 4 is 11.7 Å². The molecule has 2 N–H and O–H groups in total. The third-order valence-electron chi connectivity index (χ3n) is 3.54. The average molecular weight is 270 g/mol. The zero-order chi connectivity index (χ0) is 13.6.